The van der Waals surface area contributed by atoms with E-state index in [0.29, 0.717) is 6.61 Å². The number of halogens is 2. The van der Waals surface area contributed by atoms with E-state index in [1.54, 1.807) is 0 Å². The van der Waals surface area contributed by atoms with Crippen molar-refractivity contribution in [2.45, 2.75) is 44.9 Å². The van der Waals surface area contributed by atoms with Crippen molar-refractivity contribution in [3.63, 3.8) is 0 Å². The Labute approximate surface area is 114 Å². The molecule has 1 atom stereocenters. The van der Waals surface area contributed by atoms with Gasteiger partial charge in [-0.15, -0.1) is 0 Å². The molecule has 0 radical (unpaired) electrons. The van der Waals surface area contributed by atoms with Gasteiger partial charge in [0.25, 0.3) is 6.43 Å². The normalized spacial score (nSPS) is 18.8. The van der Waals surface area contributed by atoms with Crippen molar-refractivity contribution in [1.82, 2.24) is 0 Å². The average Bonchev–Trinajstić information content (AvgIpc) is 3.03. The lowest BCUT2D eigenvalue weighted by Gasteiger charge is -2.20. The van der Waals surface area contributed by atoms with Crippen LogP contribution in [0.15, 0.2) is 4.99 Å². The van der Waals surface area contributed by atoms with E-state index in [1.807, 2.05) is 11.8 Å². The van der Waals surface area contributed by atoms with Gasteiger partial charge >= 0.3 is 0 Å². The van der Waals surface area contributed by atoms with Crippen LogP contribution in [0.5, 0.6) is 0 Å². The van der Waals surface area contributed by atoms with Gasteiger partial charge in [0.1, 0.15) is 0 Å². The molecule has 1 fully saturated rings. The van der Waals surface area contributed by atoms with E-state index in [9.17, 15) is 8.78 Å². The molecular formula is C12H23F2NOSSi. The van der Waals surface area contributed by atoms with Crippen molar-refractivity contribution >= 4 is 26.3 Å². The van der Waals surface area contributed by atoms with E-state index in [4.69, 9.17) is 4.43 Å². The van der Waals surface area contributed by atoms with Crippen molar-refractivity contribution in [2.75, 3.05) is 18.1 Å². The quantitative estimate of drug-likeness (QED) is 0.478. The fourth-order valence-corrected chi connectivity index (χ4v) is 3.27. The first kappa shape index (κ1) is 16.1. The monoisotopic (exact) mass is 295 g/mol. The molecule has 1 saturated carbocycles. The summed E-state index contributed by atoms with van der Waals surface area (Å²) in [6, 6.07) is -0.130. The third kappa shape index (κ3) is 9.05. The van der Waals surface area contributed by atoms with Crippen molar-refractivity contribution in [2.24, 2.45) is 10.9 Å². The molecule has 0 aliphatic heterocycles. The second-order valence-electron chi connectivity index (χ2n) is 5.69. The summed E-state index contributed by atoms with van der Waals surface area (Å²) >= 11 is 1.81. The Balaban J connectivity index is 2.29. The molecule has 0 aromatic heterocycles. The van der Waals surface area contributed by atoms with Crippen LogP contribution in [0.2, 0.25) is 19.6 Å². The lowest BCUT2D eigenvalue weighted by Crippen LogP contribution is -2.31. The number of thioether (sulfide) groups is 1. The van der Waals surface area contributed by atoms with Gasteiger partial charge in [-0.05, 0) is 44.2 Å². The molecule has 0 N–H and O–H groups in total. The first-order valence-electron chi connectivity index (χ1n) is 6.40. The van der Waals surface area contributed by atoms with Crippen LogP contribution in [0, 0.1) is 5.92 Å². The molecule has 0 aromatic rings. The highest BCUT2D eigenvalue weighted by Crippen LogP contribution is 2.32. The predicted molar refractivity (Wildman–Crippen MR) is 77.6 cm³/mol. The fourth-order valence-electron chi connectivity index (χ4n) is 1.32. The number of alkyl halides is 2. The summed E-state index contributed by atoms with van der Waals surface area (Å²) in [4.78, 5) is 3.94. The molecule has 1 rings (SSSR count). The minimum absolute atomic E-state index is 0.130. The van der Waals surface area contributed by atoms with Gasteiger partial charge in [0, 0.05) is 5.75 Å². The van der Waals surface area contributed by atoms with Crippen LogP contribution >= 0.6 is 11.8 Å². The molecule has 0 bridgehead atoms. The minimum Gasteiger partial charge on any atom is -0.415 e. The molecule has 106 valence electrons. The van der Waals surface area contributed by atoms with E-state index < -0.39 is 14.7 Å². The highest BCUT2D eigenvalue weighted by Gasteiger charge is 2.22. The van der Waals surface area contributed by atoms with Crippen molar-refractivity contribution in [1.29, 1.82) is 0 Å². The largest absolute Gasteiger partial charge is 0.415 e. The topological polar surface area (TPSA) is 21.6 Å². The van der Waals surface area contributed by atoms with Gasteiger partial charge in [0.05, 0.1) is 18.9 Å². The Morgan fingerprint density at radius 1 is 1.39 bits per heavy atom. The van der Waals surface area contributed by atoms with Crippen molar-refractivity contribution in [3.05, 3.63) is 0 Å². The summed E-state index contributed by atoms with van der Waals surface area (Å²) in [6.07, 6.45) is 0.927. The van der Waals surface area contributed by atoms with E-state index in [-0.39, 0.29) is 6.04 Å². The first-order valence-corrected chi connectivity index (χ1v) is 11.0. The van der Waals surface area contributed by atoms with E-state index in [2.05, 4.69) is 24.6 Å². The zero-order chi connectivity index (χ0) is 13.6. The lowest BCUT2D eigenvalue weighted by atomic mass is 10.4. The summed E-state index contributed by atoms with van der Waals surface area (Å²) in [5.74, 6) is 2.77. The van der Waals surface area contributed by atoms with Crippen LogP contribution in [-0.2, 0) is 4.43 Å². The predicted octanol–water partition coefficient (Wildman–Crippen LogP) is 3.69. The summed E-state index contributed by atoms with van der Waals surface area (Å²) < 4.78 is 30.0. The molecule has 1 aliphatic rings. The standard InChI is InChI=1S/C12H23F2NOSSi/c1-18(2,3)16-7-11(15-6-12(13)14)9-17-8-10-4-5-10/h6,10-12H,4-5,7-9H2,1-3H3. The van der Waals surface area contributed by atoms with Crippen molar-refractivity contribution in [3.8, 4) is 0 Å². The zero-order valence-electron chi connectivity index (χ0n) is 11.4. The Morgan fingerprint density at radius 2 is 2.06 bits per heavy atom. The van der Waals surface area contributed by atoms with Crippen LogP contribution in [0.4, 0.5) is 8.78 Å². The van der Waals surface area contributed by atoms with Crippen LogP contribution in [0.25, 0.3) is 0 Å². The maximum atomic E-state index is 12.1. The molecule has 0 amide bonds. The fraction of sp³-hybridized carbons (Fsp3) is 0.917. The lowest BCUT2D eigenvalue weighted by molar-refractivity contribution is 0.229. The Hall–Kier alpha value is 0.0569. The number of aliphatic imine (C=N–C) groups is 1. The summed E-state index contributed by atoms with van der Waals surface area (Å²) in [5, 5.41) is 0. The third-order valence-corrected chi connectivity index (χ3v) is 4.84. The maximum absolute atomic E-state index is 12.1. The molecule has 0 aromatic carbocycles. The Kier molecular flexibility index (Phi) is 6.80. The second kappa shape index (κ2) is 7.60. The van der Waals surface area contributed by atoms with E-state index >= 15 is 0 Å². The van der Waals surface area contributed by atoms with Crippen LogP contribution < -0.4 is 0 Å². The van der Waals surface area contributed by atoms with Gasteiger partial charge in [-0.1, -0.05) is 0 Å². The molecular weight excluding hydrogens is 272 g/mol. The van der Waals surface area contributed by atoms with E-state index in [1.165, 1.54) is 12.8 Å². The van der Waals surface area contributed by atoms with Gasteiger partial charge in [-0.2, -0.15) is 11.8 Å². The average molecular weight is 295 g/mol. The number of nitrogens with zero attached hydrogens (tertiary/aromatic N) is 1. The molecule has 1 aliphatic carbocycles. The number of hydrogen-bond donors (Lipinski definition) is 0. The highest BCUT2D eigenvalue weighted by molar-refractivity contribution is 7.99. The Bertz CT molecular complexity index is 267. The molecule has 18 heavy (non-hydrogen) atoms. The molecule has 1 unspecified atom stereocenters. The van der Waals surface area contributed by atoms with Gasteiger partial charge < -0.3 is 4.43 Å². The van der Waals surface area contributed by atoms with E-state index in [0.717, 1.165) is 23.6 Å². The number of rotatable bonds is 9. The number of hydrogen-bond acceptors (Lipinski definition) is 3. The molecule has 0 spiro atoms. The summed E-state index contributed by atoms with van der Waals surface area (Å²) in [7, 11) is -1.60. The van der Waals surface area contributed by atoms with Crippen molar-refractivity contribution < 1.29 is 13.2 Å². The molecule has 0 heterocycles. The third-order valence-electron chi connectivity index (χ3n) is 2.48. The molecule has 6 heteroatoms. The molecule has 2 nitrogen and oxygen atoms in total. The smallest absolute Gasteiger partial charge is 0.273 e. The zero-order valence-corrected chi connectivity index (χ0v) is 13.2. The SMILES string of the molecule is C[Si](C)(C)OCC(CSCC1CC1)N=CC(F)F. The second-order valence-corrected chi connectivity index (χ2v) is 11.3. The Morgan fingerprint density at radius 3 is 2.56 bits per heavy atom. The van der Waals surface area contributed by atoms with Gasteiger partial charge in [-0.25, -0.2) is 8.78 Å². The molecule has 0 saturated heterocycles. The van der Waals surface area contributed by atoms with Crippen LogP contribution in [0.1, 0.15) is 12.8 Å². The summed E-state index contributed by atoms with van der Waals surface area (Å²) in [6.45, 7) is 6.76. The highest BCUT2D eigenvalue weighted by atomic mass is 32.2. The van der Waals surface area contributed by atoms with Gasteiger partial charge in [0.2, 0.25) is 0 Å². The first-order chi connectivity index (χ1) is 8.37. The minimum atomic E-state index is -2.46. The van der Waals surface area contributed by atoms with Gasteiger partial charge in [0.15, 0.2) is 8.32 Å². The summed E-state index contributed by atoms with van der Waals surface area (Å²) in [5.41, 5.74) is 0. The van der Waals surface area contributed by atoms with Crippen LogP contribution in [-0.4, -0.2) is 45.1 Å². The maximum Gasteiger partial charge on any atom is 0.273 e. The van der Waals surface area contributed by atoms with Gasteiger partial charge in [-0.3, -0.25) is 4.99 Å². The van der Waals surface area contributed by atoms with Crippen LogP contribution in [0.3, 0.4) is 0 Å².